The number of hydrogen-bond donors (Lipinski definition) is 0. The molecular formula is C9H18ClN. The van der Waals surface area contributed by atoms with E-state index in [4.69, 9.17) is 0 Å². The summed E-state index contributed by atoms with van der Waals surface area (Å²) in [5.74, 6) is 0.474. The van der Waals surface area contributed by atoms with Crippen molar-refractivity contribution in [3.8, 4) is 0 Å². The molecule has 0 saturated heterocycles. The van der Waals surface area contributed by atoms with Crippen LogP contribution in [0.3, 0.4) is 0 Å². The van der Waals surface area contributed by atoms with Gasteiger partial charge in [-0.3, -0.25) is 0 Å². The van der Waals surface area contributed by atoms with Crippen molar-refractivity contribution in [3.05, 3.63) is 25.3 Å². The fourth-order valence-electron chi connectivity index (χ4n) is 0.739. The van der Waals surface area contributed by atoms with Crippen LogP contribution in [0.2, 0.25) is 0 Å². The molecular weight excluding hydrogens is 158 g/mol. The van der Waals surface area contributed by atoms with E-state index in [9.17, 15) is 0 Å². The Morgan fingerprint density at radius 1 is 1.27 bits per heavy atom. The summed E-state index contributed by atoms with van der Waals surface area (Å²) in [6.07, 6.45) is 5.01. The van der Waals surface area contributed by atoms with E-state index in [1.165, 1.54) is 0 Å². The Morgan fingerprint density at radius 3 is 2.00 bits per heavy atom. The fraction of sp³-hybridized carbons (Fsp3) is 0.556. The fourth-order valence-corrected chi connectivity index (χ4v) is 0.739. The average molecular weight is 176 g/mol. The van der Waals surface area contributed by atoms with Gasteiger partial charge in [0, 0.05) is 0 Å². The minimum atomic E-state index is 0. The first-order valence-corrected chi connectivity index (χ1v) is 3.60. The molecule has 0 aromatic carbocycles. The van der Waals surface area contributed by atoms with E-state index in [0.29, 0.717) is 5.92 Å². The van der Waals surface area contributed by atoms with Crippen LogP contribution >= 0.6 is 12.4 Å². The lowest BCUT2D eigenvalue weighted by atomic mass is 10.1. The predicted octanol–water partition coefficient (Wildman–Crippen LogP) is 2.35. The van der Waals surface area contributed by atoms with Crippen LogP contribution in [0.15, 0.2) is 25.3 Å². The van der Waals surface area contributed by atoms with E-state index in [1.54, 1.807) is 0 Å². The quantitative estimate of drug-likeness (QED) is 0.580. The molecule has 0 aromatic heterocycles. The van der Waals surface area contributed by atoms with Crippen LogP contribution in [0.1, 0.15) is 6.42 Å². The van der Waals surface area contributed by atoms with Gasteiger partial charge in [-0.25, -0.2) is 0 Å². The van der Waals surface area contributed by atoms with Crippen molar-refractivity contribution in [2.24, 2.45) is 5.92 Å². The van der Waals surface area contributed by atoms with Crippen molar-refractivity contribution in [2.75, 3.05) is 20.6 Å². The normalized spacial score (nSPS) is 9.45. The molecule has 0 aliphatic rings. The first-order chi connectivity index (χ1) is 4.70. The summed E-state index contributed by atoms with van der Waals surface area (Å²) in [5.41, 5.74) is 0. The highest BCUT2D eigenvalue weighted by Crippen LogP contribution is 2.04. The molecule has 0 aliphatic carbocycles. The van der Waals surface area contributed by atoms with E-state index < -0.39 is 0 Å². The molecule has 0 amide bonds. The Hall–Kier alpha value is -0.270. The average Bonchev–Trinajstić information content (AvgIpc) is 1.90. The van der Waals surface area contributed by atoms with Crippen molar-refractivity contribution in [3.63, 3.8) is 0 Å². The summed E-state index contributed by atoms with van der Waals surface area (Å²) in [5, 5.41) is 0. The van der Waals surface area contributed by atoms with Gasteiger partial charge in [-0.2, -0.15) is 0 Å². The van der Waals surface area contributed by atoms with Gasteiger partial charge in [0.05, 0.1) is 0 Å². The SMILES string of the molecule is C=CC(C=C)CCN(C)C.Cl. The minimum Gasteiger partial charge on any atom is -0.309 e. The number of allylic oxidation sites excluding steroid dienone is 2. The molecule has 0 radical (unpaired) electrons. The smallest absolute Gasteiger partial charge is 0.00162 e. The lowest BCUT2D eigenvalue weighted by Crippen LogP contribution is -2.15. The van der Waals surface area contributed by atoms with Gasteiger partial charge in [0.15, 0.2) is 0 Å². The molecule has 0 unspecified atom stereocenters. The second kappa shape index (κ2) is 7.83. The van der Waals surface area contributed by atoms with Gasteiger partial charge >= 0.3 is 0 Å². The molecule has 0 aromatic rings. The molecule has 11 heavy (non-hydrogen) atoms. The largest absolute Gasteiger partial charge is 0.309 e. The summed E-state index contributed by atoms with van der Waals surface area (Å²) < 4.78 is 0. The lowest BCUT2D eigenvalue weighted by molar-refractivity contribution is 0.387. The number of hydrogen-bond acceptors (Lipinski definition) is 1. The van der Waals surface area contributed by atoms with Gasteiger partial charge in [0.2, 0.25) is 0 Å². The van der Waals surface area contributed by atoms with Gasteiger partial charge in [-0.1, -0.05) is 12.2 Å². The standard InChI is InChI=1S/C9H17N.ClH/c1-5-9(6-2)7-8-10(3)4;/h5-6,9H,1-2,7-8H2,3-4H3;1H. The van der Waals surface area contributed by atoms with Crippen molar-refractivity contribution >= 4 is 12.4 Å². The molecule has 0 N–H and O–H groups in total. The van der Waals surface area contributed by atoms with Crippen LogP contribution in [-0.2, 0) is 0 Å². The molecule has 66 valence electrons. The zero-order chi connectivity index (χ0) is 7.98. The van der Waals surface area contributed by atoms with Crippen LogP contribution in [0.4, 0.5) is 0 Å². The minimum absolute atomic E-state index is 0. The number of rotatable bonds is 5. The van der Waals surface area contributed by atoms with Crippen molar-refractivity contribution in [1.82, 2.24) is 4.90 Å². The molecule has 0 aliphatic heterocycles. The summed E-state index contributed by atoms with van der Waals surface area (Å²) in [6.45, 7) is 8.54. The molecule has 1 nitrogen and oxygen atoms in total. The third kappa shape index (κ3) is 7.63. The maximum absolute atomic E-state index is 3.72. The highest BCUT2D eigenvalue weighted by atomic mass is 35.5. The Balaban J connectivity index is 0. The van der Waals surface area contributed by atoms with Crippen LogP contribution < -0.4 is 0 Å². The van der Waals surface area contributed by atoms with E-state index in [-0.39, 0.29) is 12.4 Å². The van der Waals surface area contributed by atoms with Crippen LogP contribution in [0.5, 0.6) is 0 Å². The highest BCUT2D eigenvalue weighted by molar-refractivity contribution is 5.85. The van der Waals surface area contributed by atoms with E-state index >= 15 is 0 Å². The van der Waals surface area contributed by atoms with Crippen LogP contribution in [0.25, 0.3) is 0 Å². The zero-order valence-electron chi connectivity index (χ0n) is 7.42. The maximum Gasteiger partial charge on any atom is -0.00162 e. The zero-order valence-corrected chi connectivity index (χ0v) is 8.23. The van der Waals surface area contributed by atoms with E-state index in [0.717, 1.165) is 13.0 Å². The monoisotopic (exact) mass is 175 g/mol. The third-order valence-electron chi connectivity index (χ3n) is 1.52. The Morgan fingerprint density at radius 2 is 1.73 bits per heavy atom. The molecule has 0 saturated carbocycles. The summed E-state index contributed by atoms with van der Waals surface area (Å²) in [4.78, 5) is 2.17. The highest BCUT2D eigenvalue weighted by Gasteiger charge is 1.97. The van der Waals surface area contributed by atoms with Crippen LogP contribution in [-0.4, -0.2) is 25.5 Å². The second-order valence-electron chi connectivity index (χ2n) is 2.73. The Bertz CT molecular complexity index is 102. The van der Waals surface area contributed by atoms with Gasteiger partial charge in [-0.05, 0) is 33.0 Å². The van der Waals surface area contributed by atoms with Gasteiger partial charge in [0.25, 0.3) is 0 Å². The predicted molar refractivity (Wildman–Crippen MR) is 54.3 cm³/mol. The molecule has 0 spiro atoms. The third-order valence-corrected chi connectivity index (χ3v) is 1.52. The molecule has 0 fully saturated rings. The van der Waals surface area contributed by atoms with Crippen molar-refractivity contribution < 1.29 is 0 Å². The Kier molecular flexibility index (Phi) is 9.49. The van der Waals surface area contributed by atoms with Crippen molar-refractivity contribution in [2.45, 2.75) is 6.42 Å². The first kappa shape index (κ1) is 13.3. The van der Waals surface area contributed by atoms with E-state index in [2.05, 4.69) is 32.2 Å². The molecule has 0 atom stereocenters. The van der Waals surface area contributed by atoms with Gasteiger partial charge in [-0.15, -0.1) is 25.6 Å². The lowest BCUT2D eigenvalue weighted by Gasteiger charge is -2.11. The second-order valence-corrected chi connectivity index (χ2v) is 2.73. The van der Waals surface area contributed by atoms with Crippen molar-refractivity contribution in [1.29, 1.82) is 0 Å². The van der Waals surface area contributed by atoms with Gasteiger partial charge < -0.3 is 4.90 Å². The maximum atomic E-state index is 3.72. The molecule has 0 bridgehead atoms. The van der Waals surface area contributed by atoms with E-state index in [1.807, 2.05) is 12.2 Å². The molecule has 2 heteroatoms. The molecule has 0 heterocycles. The van der Waals surface area contributed by atoms with Gasteiger partial charge in [0.1, 0.15) is 0 Å². The summed E-state index contributed by atoms with van der Waals surface area (Å²) in [7, 11) is 4.15. The molecule has 0 rings (SSSR count). The summed E-state index contributed by atoms with van der Waals surface area (Å²) in [6, 6.07) is 0. The number of halogens is 1. The summed E-state index contributed by atoms with van der Waals surface area (Å²) >= 11 is 0. The number of nitrogens with zero attached hydrogens (tertiary/aromatic N) is 1. The first-order valence-electron chi connectivity index (χ1n) is 3.60. The topological polar surface area (TPSA) is 3.24 Å². The Labute approximate surface area is 76.2 Å². The van der Waals surface area contributed by atoms with Crippen LogP contribution in [0, 0.1) is 5.92 Å².